The van der Waals surface area contributed by atoms with E-state index >= 15 is 0 Å². The number of nitrogens with one attached hydrogen (secondary N) is 1. The molecule has 0 aromatic rings. The molecule has 84 valence electrons. The van der Waals surface area contributed by atoms with Crippen molar-refractivity contribution in [2.45, 2.75) is 52.1 Å². The summed E-state index contributed by atoms with van der Waals surface area (Å²) in [6.07, 6.45) is 3.91. The highest BCUT2D eigenvalue weighted by Gasteiger charge is 2.19. The van der Waals surface area contributed by atoms with Crippen molar-refractivity contribution in [3.63, 3.8) is 0 Å². The van der Waals surface area contributed by atoms with E-state index in [4.69, 9.17) is 0 Å². The Kier molecular flexibility index (Phi) is 4.90. The van der Waals surface area contributed by atoms with Crippen LogP contribution in [0.15, 0.2) is 0 Å². The fourth-order valence-electron chi connectivity index (χ4n) is 2.06. The largest absolute Gasteiger partial charge is 0.311 e. The minimum Gasteiger partial charge on any atom is -0.311 e. The van der Waals surface area contributed by atoms with E-state index in [0.29, 0.717) is 6.04 Å². The van der Waals surface area contributed by atoms with Gasteiger partial charge in [-0.25, -0.2) is 0 Å². The van der Waals surface area contributed by atoms with Crippen LogP contribution in [-0.2, 0) is 0 Å². The van der Waals surface area contributed by atoms with Gasteiger partial charge in [-0.2, -0.15) is 0 Å². The zero-order valence-corrected chi connectivity index (χ0v) is 10.2. The van der Waals surface area contributed by atoms with Crippen molar-refractivity contribution in [2.24, 2.45) is 5.92 Å². The Morgan fingerprint density at radius 1 is 1.29 bits per heavy atom. The molecule has 2 nitrogen and oxygen atoms in total. The molecule has 1 aliphatic heterocycles. The van der Waals surface area contributed by atoms with Crippen LogP contribution < -0.4 is 5.32 Å². The number of nitrogens with zero attached hydrogens (tertiary/aromatic N) is 1. The Balaban J connectivity index is 2.23. The molecule has 0 aromatic heterocycles. The van der Waals surface area contributed by atoms with E-state index in [1.807, 2.05) is 0 Å². The van der Waals surface area contributed by atoms with Crippen LogP contribution in [-0.4, -0.2) is 37.1 Å². The Hall–Kier alpha value is -0.0800. The molecule has 2 atom stereocenters. The molecule has 1 heterocycles. The van der Waals surface area contributed by atoms with Gasteiger partial charge in [0.05, 0.1) is 0 Å². The lowest BCUT2D eigenvalue weighted by Crippen LogP contribution is -2.46. The molecular weight excluding hydrogens is 172 g/mol. The molecule has 1 aliphatic rings. The summed E-state index contributed by atoms with van der Waals surface area (Å²) in [5.74, 6) is 0.801. The lowest BCUT2D eigenvalue weighted by atomic mass is 9.97. The van der Waals surface area contributed by atoms with Gasteiger partial charge < -0.3 is 10.2 Å². The lowest BCUT2D eigenvalue weighted by molar-refractivity contribution is 0.214. The van der Waals surface area contributed by atoms with Gasteiger partial charge in [0.2, 0.25) is 0 Å². The van der Waals surface area contributed by atoms with Crippen molar-refractivity contribution in [1.82, 2.24) is 10.2 Å². The molecule has 2 heteroatoms. The van der Waals surface area contributed by atoms with Crippen LogP contribution in [0.5, 0.6) is 0 Å². The molecule has 0 aliphatic carbocycles. The second kappa shape index (κ2) is 5.72. The molecular formula is C12H26N2. The summed E-state index contributed by atoms with van der Waals surface area (Å²) in [6, 6.07) is 1.43. The lowest BCUT2D eigenvalue weighted by Gasteiger charge is -2.33. The fourth-order valence-corrected chi connectivity index (χ4v) is 2.06. The van der Waals surface area contributed by atoms with E-state index in [9.17, 15) is 0 Å². The first-order chi connectivity index (χ1) is 6.63. The molecule has 0 spiro atoms. The summed E-state index contributed by atoms with van der Waals surface area (Å²) in [7, 11) is 2.22. The molecule has 1 N–H and O–H groups in total. The molecule has 0 radical (unpaired) electrons. The minimum atomic E-state index is 0.674. The average Bonchev–Trinajstić information content (AvgIpc) is 2.20. The van der Waals surface area contributed by atoms with Gasteiger partial charge in [-0.15, -0.1) is 0 Å². The molecule has 0 saturated carbocycles. The smallest absolute Gasteiger partial charge is 0.00939 e. The van der Waals surface area contributed by atoms with E-state index in [1.165, 1.54) is 32.4 Å². The first kappa shape index (κ1) is 12.0. The Morgan fingerprint density at radius 2 is 1.86 bits per heavy atom. The zero-order chi connectivity index (χ0) is 10.6. The van der Waals surface area contributed by atoms with Gasteiger partial charge in [-0.05, 0) is 45.8 Å². The number of rotatable bonds is 4. The maximum absolute atomic E-state index is 3.76. The normalized spacial score (nSPS) is 24.9. The molecule has 14 heavy (non-hydrogen) atoms. The first-order valence-electron chi connectivity index (χ1n) is 6.08. The summed E-state index contributed by atoms with van der Waals surface area (Å²) in [5, 5.41) is 3.76. The second-order valence-corrected chi connectivity index (χ2v) is 4.92. The van der Waals surface area contributed by atoms with Crippen LogP contribution in [0.3, 0.4) is 0 Å². The van der Waals surface area contributed by atoms with Crippen molar-refractivity contribution in [2.75, 3.05) is 20.1 Å². The van der Waals surface area contributed by atoms with Crippen LogP contribution in [0, 0.1) is 5.92 Å². The van der Waals surface area contributed by atoms with Crippen LogP contribution in [0.25, 0.3) is 0 Å². The van der Waals surface area contributed by atoms with Gasteiger partial charge in [-0.3, -0.25) is 0 Å². The fraction of sp³-hybridized carbons (Fsp3) is 1.00. The number of hydrogen-bond acceptors (Lipinski definition) is 2. The third-order valence-corrected chi connectivity index (χ3v) is 3.71. The van der Waals surface area contributed by atoms with Gasteiger partial charge >= 0.3 is 0 Å². The van der Waals surface area contributed by atoms with Crippen molar-refractivity contribution < 1.29 is 0 Å². The molecule has 1 saturated heterocycles. The second-order valence-electron chi connectivity index (χ2n) is 4.92. The maximum atomic E-state index is 3.76. The van der Waals surface area contributed by atoms with Crippen molar-refractivity contribution >= 4 is 0 Å². The third-order valence-electron chi connectivity index (χ3n) is 3.71. The van der Waals surface area contributed by atoms with E-state index in [-0.39, 0.29) is 0 Å². The van der Waals surface area contributed by atoms with Gasteiger partial charge in [0.1, 0.15) is 0 Å². The number of hydrogen-bond donors (Lipinski definition) is 1. The first-order valence-corrected chi connectivity index (χ1v) is 6.08. The van der Waals surface area contributed by atoms with E-state index in [0.717, 1.165) is 12.0 Å². The molecule has 0 unspecified atom stereocenters. The highest BCUT2D eigenvalue weighted by Crippen LogP contribution is 2.13. The topological polar surface area (TPSA) is 15.3 Å². The number of piperidine rings is 1. The molecule has 0 amide bonds. The molecule has 0 bridgehead atoms. The SMILES string of the molecule is CC[C@@H](C)[C@@H](C)NC1CCN(C)CC1. The molecule has 1 fully saturated rings. The standard InChI is InChI=1S/C12H26N2/c1-5-10(2)11(3)13-12-6-8-14(4)9-7-12/h10-13H,5-9H2,1-4H3/t10-,11-/m1/s1. The third kappa shape index (κ3) is 3.58. The Labute approximate surface area is 89.1 Å². The monoisotopic (exact) mass is 198 g/mol. The highest BCUT2D eigenvalue weighted by molar-refractivity contribution is 4.79. The van der Waals surface area contributed by atoms with Crippen LogP contribution in [0.4, 0.5) is 0 Å². The Bertz CT molecular complexity index is 150. The average molecular weight is 198 g/mol. The van der Waals surface area contributed by atoms with Gasteiger partial charge in [0.25, 0.3) is 0 Å². The predicted molar refractivity (Wildman–Crippen MR) is 62.6 cm³/mol. The van der Waals surface area contributed by atoms with Gasteiger partial charge in [-0.1, -0.05) is 20.3 Å². The number of likely N-dealkylation sites (tertiary alicyclic amines) is 1. The van der Waals surface area contributed by atoms with Crippen LogP contribution in [0.1, 0.15) is 40.0 Å². The van der Waals surface area contributed by atoms with E-state index < -0.39 is 0 Å². The van der Waals surface area contributed by atoms with Gasteiger partial charge in [0.15, 0.2) is 0 Å². The summed E-state index contributed by atoms with van der Waals surface area (Å²) >= 11 is 0. The maximum Gasteiger partial charge on any atom is 0.00939 e. The molecule has 1 rings (SSSR count). The Morgan fingerprint density at radius 3 is 2.36 bits per heavy atom. The van der Waals surface area contributed by atoms with Crippen molar-refractivity contribution in [3.05, 3.63) is 0 Å². The van der Waals surface area contributed by atoms with Crippen LogP contribution >= 0.6 is 0 Å². The zero-order valence-electron chi connectivity index (χ0n) is 10.2. The quantitative estimate of drug-likeness (QED) is 0.744. The summed E-state index contributed by atoms with van der Waals surface area (Å²) < 4.78 is 0. The van der Waals surface area contributed by atoms with Crippen LogP contribution in [0.2, 0.25) is 0 Å². The van der Waals surface area contributed by atoms with E-state index in [2.05, 4.69) is 38.0 Å². The summed E-state index contributed by atoms with van der Waals surface area (Å²) in [4.78, 5) is 2.42. The van der Waals surface area contributed by atoms with Crippen molar-refractivity contribution in [1.29, 1.82) is 0 Å². The van der Waals surface area contributed by atoms with Crippen molar-refractivity contribution in [3.8, 4) is 0 Å². The summed E-state index contributed by atoms with van der Waals surface area (Å²) in [5.41, 5.74) is 0. The molecule has 0 aromatic carbocycles. The predicted octanol–water partition coefficient (Wildman–Crippen LogP) is 2.10. The van der Waals surface area contributed by atoms with E-state index in [1.54, 1.807) is 0 Å². The highest BCUT2D eigenvalue weighted by atomic mass is 15.1. The minimum absolute atomic E-state index is 0.674. The van der Waals surface area contributed by atoms with Gasteiger partial charge in [0, 0.05) is 12.1 Å². The summed E-state index contributed by atoms with van der Waals surface area (Å²) in [6.45, 7) is 9.45.